The molecule has 0 N–H and O–H groups in total. The molecule has 11 heteroatoms. The van der Waals surface area contributed by atoms with Crippen LogP contribution in [0.5, 0.6) is 5.75 Å². The van der Waals surface area contributed by atoms with Crippen molar-refractivity contribution in [2.45, 2.75) is 12.5 Å². The highest BCUT2D eigenvalue weighted by Gasteiger charge is 2.42. The summed E-state index contributed by atoms with van der Waals surface area (Å²) in [7, 11) is 0. The van der Waals surface area contributed by atoms with Gasteiger partial charge in [0.05, 0.1) is 4.92 Å². The maximum Gasteiger partial charge on any atom is 0.573 e. The fourth-order valence-electron chi connectivity index (χ4n) is 1.17. The minimum atomic E-state index is -5.41. The van der Waals surface area contributed by atoms with Gasteiger partial charge in [0, 0.05) is 6.07 Å². The quantitative estimate of drug-likeness (QED) is 0.475. The first kappa shape index (κ1) is 15.0. The number of hydrogen-bond donors (Lipinski definition) is 0. The molecule has 0 atom stereocenters. The van der Waals surface area contributed by atoms with E-state index in [1.807, 2.05) is 0 Å². The Bertz CT molecular complexity index is 508. The first-order valence-corrected chi connectivity index (χ1v) is 4.22. The van der Waals surface area contributed by atoms with Crippen molar-refractivity contribution in [1.29, 1.82) is 0 Å². The molecule has 0 saturated heterocycles. The summed E-state index contributed by atoms with van der Waals surface area (Å²) in [5.41, 5.74) is -4.14. The van der Waals surface area contributed by atoms with E-state index in [1.165, 1.54) is 0 Å². The average molecular weight is 293 g/mol. The second-order valence-electron chi connectivity index (χ2n) is 3.10. The van der Waals surface area contributed by atoms with Crippen molar-refractivity contribution in [1.82, 2.24) is 0 Å². The summed E-state index contributed by atoms with van der Waals surface area (Å²) in [6.07, 6.45) is -10.8. The third kappa shape index (κ3) is 3.69. The average Bonchev–Trinajstić information content (AvgIpc) is 2.11. The largest absolute Gasteiger partial charge is 0.573 e. The van der Waals surface area contributed by atoms with Crippen LogP contribution in [0, 0.1) is 15.9 Å². The van der Waals surface area contributed by atoms with Crippen LogP contribution in [0.1, 0.15) is 5.56 Å². The zero-order valence-electron chi connectivity index (χ0n) is 8.47. The molecular formula is C8H2F7NO3. The monoisotopic (exact) mass is 293 g/mol. The third-order valence-electron chi connectivity index (χ3n) is 1.76. The molecule has 0 aliphatic rings. The highest BCUT2D eigenvalue weighted by atomic mass is 19.4. The third-order valence-corrected chi connectivity index (χ3v) is 1.76. The molecule has 0 aromatic heterocycles. The molecule has 0 spiro atoms. The Morgan fingerprint density at radius 3 is 2.00 bits per heavy atom. The zero-order valence-corrected chi connectivity index (χ0v) is 8.47. The van der Waals surface area contributed by atoms with Gasteiger partial charge in [-0.25, -0.2) is 0 Å². The highest BCUT2D eigenvalue weighted by molar-refractivity contribution is 5.48. The second-order valence-corrected chi connectivity index (χ2v) is 3.10. The van der Waals surface area contributed by atoms with Gasteiger partial charge in [0.15, 0.2) is 0 Å². The summed E-state index contributed by atoms with van der Waals surface area (Å²) in [6, 6.07) is -0.449. The van der Waals surface area contributed by atoms with E-state index in [1.54, 1.807) is 0 Å². The Labute approximate surface area is 99.1 Å². The van der Waals surface area contributed by atoms with E-state index in [4.69, 9.17) is 0 Å². The second kappa shape index (κ2) is 4.55. The van der Waals surface area contributed by atoms with Crippen molar-refractivity contribution < 1.29 is 40.4 Å². The van der Waals surface area contributed by atoms with Crippen molar-refractivity contribution in [3.05, 3.63) is 33.6 Å². The molecule has 106 valence electrons. The van der Waals surface area contributed by atoms with Gasteiger partial charge in [-0.15, -0.1) is 13.2 Å². The predicted molar refractivity (Wildman–Crippen MR) is 44.7 cm³/mol. The van der Waals surface area contributed by atoms with Crippen LogP contribution in [-0.2, 0) is 6.18 Å². The maximum absolute atomic E-state index is 13.1. The lowest BCUT2D eigenvalue weighted by Crippen LogP contribution is -2.18. The Morgan fingerprint density at radius 1 is 1.11 bits per heavy atom. The van der Waals surface area contributed by atoms with Crippen LogP contribution in [0.2, 0.25) is 0 Å². The van der Waals surface area contributed by atoms with Crippen LogP contribution in [0.25, 0.3) is 0 Å². The Hall–Kier alpha value is -2.07. The topological polar surface area (TPSA) is 52.4 Å². The molecular weight excluding hydrogens is 291 g/mol. The molecule has 0 radical (unpaired) electrons. The van der Waals surface area contributed by atoms with Crippen molar-refractivity contribution in [3.63, 3.8) is 0 Å². The van der Waals surface area contributed by atoms with E-state index in [-0.39, 0.29) is 12.1 Å². The minimum absolute atomic E-state index is 0.152. The molecule has 0 unspecified atom stereocenters. The molecule has 0 heterocycles. The van der Waals surface area contributed by atoms with Gasteiger partial charge < -0.3 is 4.74 Å². The number of nitro groups is 1. The summed E-state index contributed by atoms with van der Waals surface area (Å²) in [5.74, 6) is -3.62. The van der Waals surface area contributed by atoms with E-state index in [2.05, 4.69) is 4.74 Å². The summed E-state index contributed by atoms with van der Waals surface area (Å²) < 4.78 is 88.8. The van der Waals surface area contributed by atoms with Gasteiger partial charge in [-0.2, -0.15) is 17.6 Å². The van der Waals surface area contributed by atoms with Crippen molar-refractivity contribution >= 4 is 5.69 Å². The standard InChI is InChI=1S/C8H2F7NO3/c9-5-2-3(19-8(13,14)15)1-4(7(10,11)12)6(5)16(17)18/h1-2H. The molecule has 1 aromatic carbocycles. The summed E-state index contributed by atoms with van der Waals surface area (Å²) in [6.45, 7) is 0. The molecule has 4 nitrogen and oxygen atoms in total. The van der Waals surface area contributed by atoms with Gasteiger partial charge >= 0.3 is 18.2 Å². The molecule has 1 rings (SSSR count). The first-order chi connectivity index (χ1) is 8.42. The van der Waals surface area contributed by atoms with Crippen molar-refractivity contribution in [2.24, 2.45) is 0 Å². The molecule has 0 saturated carbocycles. The number of nitrogens with zero attached hydrogens (tertiary/aromatic N) is 1. The van der Waals surface area contributed by atoms with E-state index in [9.17, 15) is 40.8 Å². The number of nitro benzene ring substituents is 1. The van der Waals surface area contributed by atoms with Crippen molar-refractivity contribution in [3.8, 4) is 5.75 Å². The van der Waals surface area contributed by atoms with E-state index < -0.39 is 40.3 Å². The SMILES string of the molecule is O=[N+]([O-])c1c(F)cc(OC(F)(F)F)cc1C(F)(F)F. The van der Waals surface area contributed by atoms with Gasteiger partial charge in [0.1, 0.15) is 11.3 Å². The summed E-state index contributed by atoms with van der Waals surface area (Å²) in [5, 5.41) is 10.3. The molecule has 0 aliphatic heterocycles. The molecule has 0 bridgehead atoms. The van der Waals surface area contributed by atoms with E-state index >= 15 is 0 Å². The normalized spacial score (nSPS) is 12.4. The summed E-state index contributed by atoms with van der Waals surface area (Å²) >= 11 is 0. The Morgan fingerprint density at radius 2 is 1.63 bits per heavy atom. The predicted octanol–water partition coefficient (Wildman–Crippen LogP) is 3.65. The number of hydrogen-bond acceptors (Lipinski definition) is 3. The lowest BCUT2D eigenvalue weighted by molar-refractivity contribution is -0.390. The number of rotatable bonds is 2. The lowest BCUT2D eigenvalue weighted by Gasteiger charge is -2.12. The summed E-state index contributed by atoms with van der Waals surface area (Å²) in [4.78, 5) is 8.60. The van der Waals surface area contributed by atoms with E-state index in [0.29, 0.717) is 0 Å². The van der Waals surface area contributed by atoms with Crippen LogP contribution in [0.15, 0.2) is 12.1 Å². The lowest BCUT2D eigenvalue weighted by atomic mass is 10.1. The first-order valence-electron chi connectivity index (χ1n) is 4.22. The van der Waals surface area contributed by atoms with Crippen LogP contribution in [0.4, 0.5) is 36.4 Å². The number of halogens is 7. The van der Waals surface area contributed by atoms with Crippen LogP contribution >= 0.6 is 0 Å². The molecule has 0 fully saturated rings. The fourth-order valence-corrected chi connectivity index (χ4v) is 1.17. The number of benzene rings is 1. The zero-order chi connectivity index (χ0) is 15.0. The van der Waals surface area contributed by atoms with Gasteiger partial charge in [-0.3, -0.25) is 10.1 Å². The number of ether oxygens (including phenoxy) is 1. The van der Waals surface area contributed by atoms with Crippen molar-refractivity contribution in [2.75, 3.05) is 0 Å². The molecule has 0 amide bonds. The van der Waals surface area contributed by atoms with Crippen LogP contribution in [-0.4, -0.2) is 11.3 Å². The maximum atomic E-state index is 13.1. The van der Waals surface area contributed by atoms with Gasteiger partial charge in [0.25, 0.3) is 0 Å². The number of alkyl halides is 6. The van der Waals surface area contributed by atoms with Crippen LogP contribution in [0.3, 0.4) is 0 Å². The van der Waals surface area contributed by atoms with Crippen LogP contribution < -0.4 is 4.74 Å². The molecule has 19 heavy (non-hydrogen) atoms. The van der Waals surface area contributed by atoms with E-state index in [0.717, 1.165) is 0 Å². The molecule has 0 aliphatic carbocycles. The molecule has 1 aromatic rings. The van der Waals surface area contributed by atoms with Gasteiger partial charge in [-0.05, 0) is 6.07 Å². The fraction of sp³-hybridized carbons (Fsp3) is 0.250. The Balaban J connectivity index is 3.44. The van der Waals surface area contributed by atoms with Gasteiger partial charge in [-0.1, -0.05) is 0 Å². The van der Waals surface area contributed by atoms with Gasteiger partial charge in [0.2, 0.25) is 5.82 Å². The highest BCUT2D eigenvalue weighted by Crippen LogP contribution is 2.40. The minimum Gasteiger partial charge on any atom is -0.406 e. The Kier molecular flexibility index (Phi) is 3.59. The smallest absolute Gasteiger partial charge is 0.406 e.